The van der Waals surface area contributed by atoms with Crippen LogP contribution in [0.3, 0.4) is 0 Å². The minimum Gasteiger partial charge on any atom is -0.480 e. The van der Waals surface area contributed by atoms with E-state index in [1.54, 1.807) is 24.3 Å². The Hall–Kier alpha value is -0.840. The summed E-state index contributed by atoms with van der Waals surface area (Å²) in [6.07, 6.45) is 0. The Labute approximate surface area is 110 Å². The molecule has 1 aromatic carbocycles. The first-order valence-electron chi connectivity index (χ1n) is 4.16. The Morgan fingerprint density at radius 2 is 1.80 bits per heavy atom. The number of aliphatic carboxylic acids is 1. The number of nitrogens with zero attached hydrogens (tertiary/aromatic N) is 1. The number of anilines is 1. The average molecular weight is 216 g/mol. The quantitative estimate of drug-likeness (QED) is 0.758. The van der Waals surface area contributed by atoms with Gasteiger partial charge in [0.15, 0.2) is 0 Å². The maximum atomic E-state index is 11.1. The van der Waals surface area contributed by atoms with Gasteiger partial charge in [0.05, 0.1) is 0 Å². The Morgan fingerprint density at radius 3 is 2.20 bits per heavy atom. The summed E-state index contributed by atoms with van der Waals surface area (Å²) >= 11 is 0. The molecule has 1 amide bonds. The van der Waals surface area contributed by atoms with Crippen molar-refractivity contribution in [3.63, 3.8) is 0 Å². The van der Waals surface area contributed by atoms with Gasteiger partial charge in [0.1, 0.15) is 6.54 Å². The molecule has 5 heteroatoms. The molecular weight excluding hydrogens is 205 g/mol. The Kier molecular flexibility index (Phi) is 6.24. The zero-order valence-electron chi connectivity index (χ0n) is 8.80. The van der Waals surface area contributed by atoms with Crippen molar-refractivity contribution in [2.45, 2.75) is 6.92 Å². The van der Waals surface area contributed by atoms with Crippen molar-refractivity contribution < 1.29 is 14.7 Å². The molecule has 0 aliphatic rings. The van der Waals surface area contributed by atoms with E-state index in [9.17, 15) is 9.59 Å². The van der Waals surface area contributed by atoms with Crippen LogP contribution in [0.2, 0.25) is 0 Å². The van der Waals surface area contributed by atoms with Gasteiger partial charge in [0, 0.05) is 42.2 Å². The Bertz CT molecular complexity index is 340. The molecule has 0 unspecified atom stereocenters. The van der Waals surface area contributed by atoms with Crippen molar-refractivity contribution in [3.8, 4) is 0 Å². The van der Waals surface area contributed by atoms with Gasteiger partial charge < -0.3 is 10.0 Å². The second-order valence-electron chi connectivity index (χ2n) is 2.83. The maximum Gasteiger partial charge on any atom is 0.323 e. The number of carboxylic acids is 1. The van der Waals surface area contributed by atoms with Crippen LogP contribution in [-0.4, -0.2) is 53.1 Å². The number of hydrogen-bond donors (Lipinski definition) is 1. The number of carbonyl (C=O) groups is 2. The number of amides is 1. The molecule has 1 N–H and O–H groups in total. The van der Waals surface area contributed by atoms with E-state index in [0.717, 1.165) is 0 Å². The van der Waals surface area contributed by atoms with Crippen molar-refractivity contribution in [3.05, 3.63) is 30.3 Å². The average Bonchev–Trinajstić information content (AvgIpc) is 2.15. The van der Waals surface area contributed by atoms with Crippen LogP contribution in [0.15, 0.2) is 30.3 Å². The van der Waals surface area contributed by atoms with E-state index in [1.165, 1.54) is 11.8 Å². The van der Waals surface area contributed by atoms with Gasteiger partial charge in [-0.3, -0.25) is 9.59 Å². The van der Waals surface area contributed by atoms with Gasteiger partial charge in [0.2, 0.25) is 5.91 Å². The first-order chi connectivity index (χ1) is 6.61. The zero-order chi connectivity index (χ0) is 10.6. The van der Waals surface area contributed by atoms with Gasteiger partial charge in [-0.15, -0.1) is 0 Å². The van der Waals surface area contributed by atoms with Crippen molar-refractivity contribution in [2.24, 2.45) is 0 Å². The summed E-state index contributed by atoms with van der Waals surface area (Å²) < 4.78 is 0. The Balaban J connectivity index is 0.00000196. The fraction of sp³-hybridized carbons (Fsp3) is 0.200. The number of para-hydroxylation sites is 1. The van der Waals surface area contributed by atoms with Gasteiger partial charge in [-0.25, -0.2) is 0 Å². The molecule has 0 atom stereocenters. The summed E-state index contributed by atoms with van der Waals surface area (Å²) in [4.78, 5) is 22.8. The first-order valence-corrected chi connectivity index (χ1v) is 4.16. The molecule has 0 heterocycles. The maximum absolute atomic E-state index is 11.1. The molecule has 1 radical (unpaired) electrons. The summed E-state index contributed by atoms with van der Waals surface area (Å²) in [5, 5.41) is 8.60. The molecule has 15 heavy (non-hydrogen) atoms. The van der Waals surface area contributed by atoms with Crippen LogP contribution in [0.25, 0.3) is 0 Å². The molecule has 1 rings (SSSR count). The van der Waals surface area contributed by atoms with E-state index in [2.05, 4.69) is 0 Å². The summed E-state index contributed by atoms with van der Waals surface area (Å²) in [7, 11) is 0. The van der Waals surface area contributed by atoms with Gasteiger partial charge in [-0.1, -0.05) is 18.2 Å². The monoisotopic (exact) mass is 216 g/mol. The molecule has 0 aliphatic heterocycles. The van der Waals surface area contributed by atoms with Crippen LogP contribution in [0, 0.1) is 0 Å². The van der Waals surface area contributed by atoms with E-state index in [-0.39, 0.29) is 42.0 Å². The molecule has 0 aliphatic carbocycles. The number of benzene rings is 1. The smallest absolute Gasteiger partial charge is 0.323 e. The van der Waals surface area contributed by atoms with Crippen molar-refractivity contribution in [1.29, 1.82) is 0 Å². The minimum atomic E-state index is -1.02. The molecule has 0 bridgehead atoms. The normalized spacial score (nSPS) is 8.87. The van der Waals surface area contributed by atoms with Gasteiger partial charge in [-0.2, -0.15) is 0 Å². The molecule has 0 spiro atoms. The van der Waals surface area contributed by atoms with Crippen LogP contribution >= 0.6 is 0 Å². The van der Waals surface area contributed by atoms with Gasteiger partial charge in [-0.05, 0) is 12.1 Å². The van der Waals surface area contributed by atoms with Crippen LogP contribution in [0.5, 0.6) is 0 Å². The van der Waals surface area contributed by atoms with Crippen LogP contribution < -0.4 is 4.90 Å². The van der Waals surface area contributed by atoms with Crippen molar-refractivity contribution >= 4 is 47.1 Å². The van der Waals surface area contributed by atoms with E-state index >= 15 is 0 Å². The summed E-state index contributed by atoms with van der Waals surface area (Å²) in [5.74, 6) is -1.30. The third-order valence-corrected chi connectivity index (χ3v) is 1.74. The molecule has 0 saturated heterocycles. The molecule has 0 fully saturated rings. The first kappa shape index (κ1) is 14.2. The third kappa shape index (κ3) is 4.46. The van der Waals surface area contributed by atoms with Crippen molar-refractivity contribution in [1.82, 2.24) is 0 Å². The number of rotatable bonds is 3. The molecule has 0 saturated carbocycles. The van der Waals surface area contributed by atoms with E-state index in [0.29, 0.717) is 5.69 Å². The molecule has 4 nitrogen and oxygen atoms in total. The molecule has 75 valence electrons. The second-order valence-corrected chi connectivity index (χ2v) is 2.83. The zero-order valence-corrected chi connectivity index (χ0v) is 10.8. The summed E-state index contributed by atoms with van der Waals surface area (Å²) in [6, 6.07) is 8.72. The van der Waals surface area contributed by atoms with E-state index in [4.69, 9.17) is 5.11 Å². The minimum absolute atomic E-state index is 0. The SMILES string of the molecule is CC(=O)N(CC(=O)O)c1ccccc1.[Na]. The van der Waals surface area contributed by atoms with Crippen molar-refractivity contribution in [2.75, 3.05) is 11.4 Å². The number of carboxylic acid groups (broad SMARTS) is 1. The third-order valence-electron chi connectivity index (χ3n) is 1.74. The molecule has 0 aromatic heterocycles. The topological polar surface area (TPSA) is 57.6 Å². The fourth-order valence-electron chi connectivity index (χ4n) is 1.13. The predicted molar refractivity (Wildman–Crippen MR) is 57.9 cm³/mol. The summed E-state index contributed by atoms with van der Waals surface area (Å²) in [5.41, 5.74) is 0.599. The second kappa shape index (κ2) is 6.61. The van der Waals surface area contributed by atoms with Crippen LogP contribution in [0.4, 0.5) is 5.69 Å². The molecular formula is C10H11NNaO3. The van der Waals surface area contributed by atoms with E-state index < -0.39 is 5.97 Å². The van der Waals surface area contributed by atoms with Gasteiger partial charge in [0.25, 0.3) is 0 Å². The van der Waals surface area contributed by atoms with E-state index in [1.807, 2.05) is 6.07 Å². The largest absolute Gasteiger partial charge is 0.480 e. The summed E-state index contributed by atoms with van der Waals surface area (Å²) in [6.45, 7) is 1.04. The number of hydrogen-bond acceptors (Lipinski definition) is 2. The molecule has 1 aromatic rings. The fourth-order valence-corrected chi connectivity index (χ4v) is 1.13. The number of carbonyl (C=O) groups excluding carboxylic acids is 1. The van der Waals surface area contributed by atoms with Crippen LogP contribution in [0.1, 0.15) is 6.92 Å². The standard InChI is InChI=1S/C10H11NO3.Na/c1-8(12)11(7-10(13)14)9-5-3-2-4-6-9;/h2-6H,7H2,1H3,(H,13,14);. The predicted octanol–water partition coefficient (Wildman–Crippen LogP) is 0.743. The van der Waals surface area contributed by atoms with Crippen LogP contribution in [-0.2, 0) is 9.59 Å². The van der Waals surface area contributed by atoms with Gasteiger partial charge >= 0.3 is 5.97 Å². The Morgan fingerprint density at radius 1 is 1.27 bits per heavy atom.